The van der Waals surface area contributed by atoms with Crippen LogP contribution in [0.15, 0.2) is 77.4 Å². The Morgan fingerprint density at radius 1 is 1.00 bits per heavy atom. The second-order valence-corrected chi connectivity index (χ2v) is 10.4. The molecule has 1 atom stereocenters. The van der Waals surface area contributed by atoms with Crippen molar-refractivity contribution >= 4 is 37.5 Å². The van der Waals surface area contributed by atoms with Crippen LogP contribution in [0.25, 0.3) is 21.7 Å². The zero-order valence-corrected chi connectivity index (χ0v) is 17.8. The normalized spacial score (nSPS) is 17.9. The summed E-state index contributed by atoms with van der Waals surface area (Å²) in [5, 5.41) is 3.09. The Labute approximate surface area is 181 Å². The van der Waals surface area contributed by atoms with Crippen LogP contribution in [0.4, 0.5) is 0 Å². The Hall–Kier alpha value is -3.12. The van der Waals surface area contributed by atoms with E-state index in [0.717, 1.165) is 32.9 Å². The molecule has 1 aliphatic heterocycles. The lowest BCUT2D eigenvalue weighted by Crippen LogP contribution is -2.41. The molecule has 3 aromatic carbocycles. The maximum atomic E-state index is 13.5. The van der Waals surface area contributed by atoms with Gasteiger partial charge in [0.25, 0.3) is 0 Å². The highest BCUT2D eigenvalue weighted by Gasteiger charge is 2.35. The molecule has 6 heteroatoms. The van der Waals surface area contributed by atoms with Gasteiger partial charge in [0.2, 0.25) is 5.91 Å². The van der Waals surface area contributed by atoms with Crippen LogP contribution in [-0.4, -0.2) is 36.8 Å². The molecule has 0 saturated carbocycles. The van der Waals surface area contributed by atoms with Crippen LogP contribution in [0, 0.1) is 0 Å². The maximum Gasteiger partial charge on any atom is 0.227 e. The number of hydrogen-bond acceptors (Lipinski definition) is 4. The van der Waals surface area contributed by atoms with Crippen LogP contribution in [-0.2, 0) is 27.6 Å². The first-order valence-electron chi connectivity index (χ1n) is 10.4. The van der Waals surface area contributed by atoms with Crippen molar-refractivity contribution in [3.63, 3.8) is 0 Å². The summed E-state index contributed by atoms with van der Waals surface area (Å²) < 4.78 is 30.0. The summed E-state index contributed by atoms with van der Waals surface area (Å²) >= 11 is 0. The van der Waals surface area contributed by atoms with Gasteiger partial charge in [0.15, 0.2) is 9.84 Å². The summed E-state index contributed by atoms with van der Waals surface area (Å²) in [5.41, 5.74) is 2.57. The molecule has 1 amide bonds. The van der Waals surface area contributed by atoms with Gasteiger partial charge in [0, 0.05) is 23.5 Å². The first-order valence-corrected chi connectivity index (χ1v) is 12.2. The van der Waals surface area contributed by atoms with Gasteiger partial charge < -0.3 is 9.32 Å². The quantitative estimate of drug-likeness (QED) is 0.469. The van der Waals surface area contributed by atoms with E-state index in [1.165, 1.54) is 0 Å². The number of sulfone groups is 1. The first-order chi connectivity index (χ1) is 15.0. The van der Waals surface area contributed by atoms with E-state index in [0.29, 0.717) is 13.0 Å². The van der Waals surface area contributed by atoms with Gasteiger partial charge >= 0.3 is 0 Å². The zero-order valence-electron chi connectivity index (χ0n) is 17.0. The average molecular weight is 434 g/mol. The van der Waals surface area contributed by atoms with Crippen LogP contribution >= 0.6 is 0 Å². The fraction of sp³-hybridized carbons (Fsp3) is 0.240. The van der Waals surface area contributed by atoms with Crippen LogP contribution in [0.3, 0.4) is 0 Å². The minimum absolute atomic E-state index is 0.0284. The van der Waals surface area contributed by atoms with Crippen LogP contribution in [0.1, 0.15) is 17.5 Å². The third kappa shape index (κ3) is 3.95. The Kier molecular flexibility index (Phi) is 5.02. The number of benzene rings is 3. The molecule has 4 aromatic rings. The largest absolute Gasteiger partial charge is 0.464 e. The predicted molar refractivity (Wildman–Crippen MR) is 121 cm³/mol. The summed E-state index contributed by atoms with van der Waals surface area (Å²) in [6, 6.07) is 21.4. The third-order valence-electron chi connectivity index (χ3n) is 6.05. The Bertz CT molecular complexity index is 1360. The maximum absolute atomic E-state index is 13.5. The van der Waals surface area contributed by atoms with Crippen LogP contribution in [0.5, 0.6) is 0 Å². The van der Waals surface area contributed by atoms with Gasteiger partial charge in [-0.1, -0.05) is 60.7 Å². The van der Waals surface area contributed by atoms with Crippen molar-refractivity contribution in [2.24, 2.45) is 0 Å². The number of hydrogen-bond donors (Lipinski definition) is 0. The van der Waals surface area contributed by atoms with Crippen molar-refractivity contribution < 1.29 is 17.6 Å². The second-order valence-electron chi connectivity index (χ2n) is 8.16. The molecular weight excluding hydrogens is 410 g/mol. The van der Waals surface area contributed by atoms with E-state index in [2.05, 4.69) is 0 Å². The molecule has 0 bridgehead atoms. The van der Waals surface area contributed by atoms with Gasteiger partial charge in [-0.05, 0) is 28.8 Å². The number of furan rings is 1. The van der Waals surface area contributed by atoms with Crippen LogP contribution < -0.4 is 0 Å². The lowest BCUT2D eigenvalue weighted by atomic mass is 10.0. The number of carbonyl (C=O) groups excluding carboxylic acids is 1. The zero-order chi connectivity index (χ0) is 21.4. The second kappa shape index (κ2) is 7.85. The van der Waals surface area contributed by atoms with Gasteiger partial charge in [-0.25, -0.2) is 8.42 Å². The molecular formula is C25H23NO4S. The van der Waals surface area contributed by atoms with Crippen LogP contribution in [0.2, 0.25) is 0 Å². The molecule has 2 heterocycles. The van der Waals surface area contributed by atoms with Crippen molar-refractivity contribution in [2.75, 3.05) is 11.5 Å². The summed E-state index contributed by atoms with van der Waals surface area (Å²) in [6.07, 6.45) is 2.31. The first kappa shape index (κ1) is 19.8. The highest BCUT2D eigenvalue weighted by Crippen LogP contribution is 2.31. The SMILES string of the molecule is O=C(Cc1coc2ccc3ccccc3c12)N(Cc1ccccc1)C1CCS(=O)(=O)C1. The third-order valence-corrected chi connectivity index (χ3v) is 7.80. The Morgan fingerprint density at radius 3 is 2.55 bits per heavy atom. The summed E-state index contributed by atoms with van der Waals surface area (Å²) in [6.45, 7) is 0.399. The van der Waals surface area contributed by atoms with E-state index in [1.54, 1.807) is 11.2 Å². The number of carbonyl (C=O) groups is 1. The molecule has 158 valence electrons. The van der Waals surface area contributed by atoms with E-state index in [9.17, 15) is 13.2 Å². The molecule has 1 unspecified atom stereocenters. The smallest absolute Gasteiger partial charge is 0.227 e. The molecule has 0 radical (unpaired) electrons. The highest BCUT2D eigenvalue weighted by molar-refractivity contribution is 7.91. The number of nitrogens with zero attached hydrogens (tertiary/aromatic N) is 1. The molecule has 0 spiro atoms. The lowest BCUT2D eigenvalue weighted by molar-refractivity contribution is -0.133. The van der Waals surface area contributed by atoms with Crippen molar-refractivity contribution in [1.82, 2.24) is 4.90 Å². The van der Waals surface area contributed by atoms with E-state index in [-0.39, 0.29) is 29.9 Å². The number of amides is 1. The molecule has 0 N–H and O–H groups in total. The van der Waals surface area contributed by atoms with Crippen molar-refractivity contribution in [1.29, 1.82) is 0 Å². The van der Waals surface area contributed by atoms with E-state index in [4.69, 9.17) is 4.42 Å². The number of fused-ring (bicyclic) bond motifs is 3. The lowest BCUT2D eigenvalue weighted by Gasteiger charge is -2.28. The van der Waals surface area contributed by atoms with Gasteiger partial charge in [-0.15, -0.1) is 0 Å². The average Bonchev–Trinajstić information content (AvgIpc) is 3.35. The summed E-state index contributed by atoms with van der Waals surface area (Å²) in [4.78, 5) is 15.2. The van der Waals surface area contributed by atoms with Gasteiger partial charge in [0.05, 0.1) is 24.2 Å². The van der Waals surface area contributed by atoms with Crippen molar-refractivity contribution in [2.45, 2.75) is 25.4 Å². The number of rotatable bonds is 5. The molecule has 1 fully saturated rings. The fourth-order valence-corrected chi connectivity index (χ4v) is 6.22. The molecule has 1 aliphatic rings. The van der Waals surface area contributed by atoms with E-state index >= 15 is 0 Å². The van der Waals surface area contributed by atoms with E-state index in [1.807, 2.05) is 66.7 Å². The van der Waals surface area contributed by atoms with Gasteiger partial charge in [0.1, 0.15) is 5.58 Å². The molecule has 0 aliphatic carbocycles. The van der Waals surface area contributed by atoms with Crippen molar-refractivity contribution in [3.8, 4) is 0 Å². The predicted octanol–water partition coefficient (Wildman–Crippen LogP) is 4.34. The van der Waals surface area contributed by atoms with E-state index < -0.39 is 9.84 Å². The Balaban J connectivity index is 1.49. The van der Waals surface area contributed by atoms with Crippen molar-refractivity contribution in [3.05, 3.63) is 84.1 Å². The minimum atomic E-state index is -3.10. The standard InChI is InChI=1S/C25H23NO4S/c27-24(14-20-16-30-23-11-10-19-8-4-5-9-22(19)25(20)23)26(15-18-6-2-1-3-7-18)21-12-13-31(28,29)17-21/h1-11,16,21H,12-15,17H2. The van der Waals surface area contributed by atoms with Gasteiger partial charge in [-0.3, -0.25) is 4.79 Å². The fourth-order valence-electron chi connectivity index (χ4n) is 4.49. The molecule has 31 heavy (non-hydrogen) atoms. The molecule has 5 rings (SSSR count). The Morgan fingerprint density at radius 2 is 1.77 bits per heavy atom. The van der Waals surface area contributed by atoms with Gasteiger partial charge in [-0.2, -0.15) is 0 Å². The summed E-state index contributed by atoms with van der Waals surface area (Å²) in [7, 11) is -3.10. The summed E-state index contributed by atoms with van der Waals surface area (Å²) in [5.74, 6) is 0.0810. The topological polar surface area (TPSA) is 67.6 Å². The molecule has 1 saturated heterocycles. The minimum Gasteiger partial charge on any atom is -0.464 e. The molecule has 5 nitrogen and oxygen atoms in total. The monoisotopic (exact) mass is 433 g/mol. The highest BCUT2D eigenvalue weighted by atomic mass is 32.2. The molecule has 1 aromatic heterocycles.